The van der Waals surface area contributed by atoms with Crippen molar-refractivity contribution in [2.45, 2.75) is 57.2 Å². The van der Waals surface area contributed by atoms with Crippen molar-refractivity contribution in [2.75, 3.05) is 58.2 Å². The molecule has 0 aromatic heterocycles. The third kappa shape index (κ3) is 6.20. The van der Waals surface area contributed by atoms with Crippen LogP contribution in [0.4, 0.5) is 10.1 Å². The average molecular weight is 529 g/mol. The van der Waals surface area contributed by atoms with Crippen molar-refractivity contribution in [3.05, 3.63) is 24.0 Å². The number of nitrogens with zero attached hydrogens (tertiary/aromatic N) is 5. The molecule has 4 N–H and O–H groups in total. The summed E-state index contributed by atoms with van der Waals surface area (Å²) >= 11 is 0. The number of piperazine rings is 1. The van der Waals surface area contributed by atoms with E-state index in [4.69, 9.17) is 20.5 Å². The first-order valence-electron chi connectivity index (χ1n) is 14.0. The van der Waals surface area contributed by atoms with E-state index >= 15 is 0 Å². The topological polar surface area (TPSA) is 111 Å². The second-order valence-electron chi connectivity index (χ2n) is 10.8. The number of methoxy groups -OCH3 is 1. The largest absolute Gasteiger partial charge is 0.494 e. The minimum Gasteiger partial charge on any atom is -0.494 e. The molecule has 1 aliphatic carbocycles. The zero-order valence-electron chi connectivity index (χ0n) is 22.4. The summed E-state index contributed by atoms with van der Waals surface area (Å²) in [5, 5.41) is 6.53. The van der Waals surface area contributed by atoms with Crippen molar-refractivity contribution >= 4 is 23.5 Å². The molecule has 0 bridgehead atoms. The third-order valence-electron chi connectivity index (χ3n) is 8.17. The molecule has 1 unspecified atom stereocenters. The summed E-state index contributed by atoms with van der Waals surface area (Å²) in [5.41, 5.74) is 7.49. The van der Waals surface area contributed by atoms with E-state index in [9.17, 15) is 9.18 Å². The van der Waals surface area contributed by atoms with Gasteiger partial charge in [-0.3, -0.25) is 20.7 Å². The van der Waals surface area contributed by atoms with Crippen LogP contribution in [0, 0.1) is 11.7 Å². The van der Waals surface area contributed by atoms with Crippen LogP contribution in [0.15, 0.2) is 28.2 Å². The van der Waals surface area contributed by atoms with Crippen LogP contribution in [0.5, 0.6) is 5.75 Å². The van der Waals surface area contributed by atoms with E-state index in [2.05, 4.69) is 20.4 Å². The summed E-state index contributed by atoms with van der Waals surface area (Å²) in [5.74, 6) is 0.122. The number of hydrogen-bond acceptors (Lipinski definition) is 9. The lowest BCUT2D eigenvalue weighted by Crippen LogP contribution is -2.60. The number of carbonyl (C=O) groups is 1. The molecule has 5 rings (SSSR count). The van der Waals surface area contributed by atoms with Crippen molar-refractivity contribution in [3.8, 4) is 5.75 Å². The first-order chi connectivity index (χ1) is 18.4. The highest BCUT2D eigenvalue weighted by atomic mass is 19.1. The van der Waals surface area contributed by atoms with Crippen LogP contribution in [0.1, 0.15) is 51.4 Å². The van der Waals surface area contributed by atoms with Crippen LogP contribution < -0.4 is 21.1 Å². The number of likely N-dealkylation sites (tertiary alicyclic amines) is 1. The molecule has 208 valence electrons. The maximum absolute atomic E-state index is 14.4. The van der Waals surface area contributed by atoms with Gasteiger partial charge in [0.2, 0.25) is 23.6 Å². The van der Waals surface area contributed by atoms with E-state index in [0.717, 1.165) is 77.8 Å². The van der Waals surface area contributed by atoms with E-state index < -0.39 is 11.6 Å². The Morgan fingerprint density at radius 3 is 2.45 bits per heavy atom. The first-order valence-corrected chi connectivity index (χ1v) is 14.0. The highest BCUT2D eigenvalue weighted by molar-refractivity contribution is 6.06. The third-order valence-corrected chi connectivity index (χ3v) is 8.17. The van der Waals surface area contributed by atoms with Gasteiger partial charge in [-0.15, -0.1) is 0 Å². The average Bonchev–Trinajstić information content (AvgIpc) is 3.31. The van der Waals surface area contributed by atoms with Crippen LogP contribution in [0.3, 0.4) is 0 Å². The van der Waals surface area contributed by atoms with Crippen molar-refractivity contribution in [2.24, 2.45) is 21.6 Å². The number of amides is 1. The number of guanidine groups is 2. The Balaban J connectivity index is 1.30. The van der Waals surface area contributed by atoms with Crippen molar-refractivity contribution < 1.29 is 13.9 Å². The molecule has 4 aliphatic rings. The Morgan fingerprint density at radius 2 is 1.79 bits per heavy atom. The lowest BCUT2D eigenvalue weighted by Gasteiger charge is -2.41. The van der Waals surface area contributed by atoms with Gasteiger partial charge in [0.25, 0.3) is 0 Å². The number of hydrogen-bond donors (Lipinski definition) is 3. The summed E-state index contributed by atoms with van der Waals surface area (Å²) in [6, 6.07) is 4.71. The molecule has 2 saturated heterocycles. The van der Waals surface area contributed by atoms with Gasteiger partial charge < -0.3 is 19.9 Å². The predicted molar refractivity (Wildman–Crippen MR) is 147 cm³/mol. The molecule has 1 saturated carbocycles. The van der Waals surface area contributed by atoms with E-state index in [-0.39, 0.29) is 17.6 Å². The van der Waals surface area contributed by atoms with Gasteiger partial charge in [0.1, 0.15) is 0 Å². The molecular weight excluding hydrogens is 487 g/mol. The van der Waals surface area contributed by atoms with Gasteiger partial charge >= 0.3 is 0 Å². The minimum absolute atomic E-state index is 0.130. The Bertz CT molecular complexity index is 1040. The first kappa shape index (κ1) is 26.7. The number of halogens is 1. The van der Waals surface area contributed by atoms with E-state index in [0.29, 0.717) is 24.2 Å². The van der Waals surface area contributed by atoms with Crippen LogP contribution >= 0.6 is 0 Å². The van der Waals surface area contributed by atoms with Crippen molar-refractivity contribution in [1.82, 2.24) is 20.0 Å². The molecule has 38 heavy (non-hydrogen) atoms. The van der Waals surface area contributed by atoms with Gasteiger partial charge in [0, 0.05) is 56.9 Å². The summed E-state index contributed by atoms with van der Waals surface area (Å²) < 4.78 is 19.4. The SMILES string of the molecule is COc1ccc(NC2=NC(N)(C3CCCCCC3)N=C(N3CCN(CC(=O)N4CCCC4)CC3)N2)cc1F. The molecule has 1 amide bonds. The number of nitrogens with two attached hydrogens (primary N) is 1. The van der Waals surface area contributed by atoms with Gasteiger partial charge in [0.15, 0.2) is 11.6 Å². The Kier molecular flexibility index (Phi) is 8.32. The van der Waals surface area contributed by atoms with Crippen LogP contribution in [-0.2, 0) is 4.79 Å². The number of benzene rings is 1. The summed E-state index contributed by atoms with van der Waals surface area (Å²) in [4.78, 5) is 28.8. The Morgan fingerprint density at radius 1 is 1.08 bits per heavy atom. The second kappa shape index (κ2) is 11.9. The molecule has 3 fully saturated rings. The smallest absolute Gasteiger partial charge is 0.236 e. The minimum atomic E-state index is -1.10. The van der Waals surface area contributed by atoms with E-state index in [1.165, 1.54) is 26.0 Å². The quantitative estimate of drug-likeness (QED) is 0.504. The number of rotatable bonds is 5. The maximum atomic E-state index is 14.4. The molecule has 0 spiro atoms. The lowest BCUT2D eigenvalue weighted by atomic mass is 9.93. The van der Waals surface area contributed by atoms with Gasteiger partial charge in [-0.25, -0.2) is 14.4 Å². The molecule has 1 atom stereocenters. The molecule has 1 aromatic rings. The highest BCUT2D eigenvalue weighted by Gasteiger charge is 2.39. The van der Waals surface area contributed by atoms with Gasteiger partial charge in [-0.1, -0.05) is 25.7 Å². The summed E-state index contributed by atoms with van der Waals surface area (Å²) in [7, 11) is 1.44. The number of anilines is 1. The predicted octanol–water partition coefficient (Wildman–Crippen LogP) is 2.38. The number of aliphatic imine (C=N–C) groups is 2. The number of carbonyl (C=O) groups excluding carboxylic acids is 1. The number of ether oxygens (including phenoxy) is 1. The fourth-order valence-electron chi connectivity index (χ4n) is 5.89. The molecule has 3 aliphatic heterocycles. The normalized spacial score (nSPS) is 25.3. The van der Waals surface area contributed by atoms with Crippen molar-refractivity contribution in [3.63, 3.8) is 0 Å². The monoisotopic (exact) mass is 528 g/mol. The summed E-state index contributed by atoms with van der Waals surface area (Å²) in [6.07, 6.45) is 8.82. The maximum Gasteiger partial charge on any atom is 0.236 e. The van der Waals surface area contributed by atoms with Gasteiger partial charge in [0.05, 0.1) is 13.7 Å². The fourth-order valence-corrected chi connectivity index (χ4v) is 5.89. The van der Waals surface area contributed by atoms with Gasteiger partial charge in [-0.05, 0) is 37.8 Å². The molecular formula is C27H41FN8O2. The molecule has 1 aromatic carbocycles. The molecule has 10 nitrogen and oxygen atoms in total. The molecule has 3 heterocycles. The van der Waals surface area contributed by atoms with Crippen LogP contribution in [0.2, 0.25) is 0 Å². The molecule has 0 radical (unpaired) electrons. The second-order valence-corrected chi connectivity index (χ2v) is 10.8. The Labute approximate surface area is 224 Å². The van der Waals surface area contributed by atoms with E-state index in [1.807, 2.05) is 4.90 Å². The number of nitrogens with one attached hydrogen (secondary N) is 2. The standard InChI is InChI=1S/C27H41FN8O2/c1-38-23-11-10-21(18-22(23)28)30-25-31-26(33-27(29,32-25)20-8-4-2-3-5-9-20)36-16-14-34(15-17-36)19-24(37)35-12-6-7-13-35/h10-11,18,20H,2-9,12-17,19,29H2,1H3,(H2,30,31,32,33). The Hall–Kier alpha value is -2.92. The molecule has 11 heteroatoms. The van der Waals surface area contributed by atoms with Crippen molar-refractivity contribution in [1.29, 1.82) is 0 Å². The zero-order chi connectivity index (χ0) is 26.5. The van der Waals surface area contributed by atoms with Crippen LogP contribution in [0.25, 0.3) is 0 Å². The van der Waals surface area contributed by atoms with Gasteiger partial charge in [-0.2, -0.15) is 0 Å². The zero-order valence-corrected chi connectivity index (χ0v) is 22.4. The van der Waals surface area contributed by atoms with Crippen LogP contribution in [-0.4, -0.2) is 91.2 Å². The lowest BCUT2D eigenvalue weighted by molar-refractivity contribution is -0.131. The highest BCUT2D eigenvalue weighted by Crippen LogP contribution is 2.34. The van der Waals surface area contributed by atoms with E-state index in [1.54, 1.807) is 12.1 Å². The fraction of sp³-hybridized carbons (Fsp3) is 0.667. The summed E-state index contributed by atoms with van der Waals surface area (Å²) in [6.45, 7) is 5.22.